The van der Waals surface area contributed by atoms with Gasteiger partial charge in [0.05, 0.1) is 27.8 Å². The first-order valence-electron chi connectivity index (χ1n) is 10.6. The molecule has 0 bridgehead atoms. The van der Waals surface area contributed by atoms with E-state index in [-0.39, 0.29) is 23.4 Å². The Bertz CT molecular complexity index is 1270. The molecule has 0 radical (unpaired) electrons. The largest absolute Gasteiger partial charge is 0.478 e. The number of nitriles is 2. The number of benzene rings is 1. The molecule has 0 N–H and O–H groups in total. The number of halogens is 2. The summed E-state index contributed by atoms with van der Waals surface area (Å²) in [5, 5.41) is 18.8. The van der Waals surface area contributed by atoms with Gasteiger partial charge in [-0.05, 0) is 48.2 Å². The van der Waals surface area contributed by atoms with Crippen LogP contribution in [0.15, 0.2) is 54.9 Å². The lowest BCUT2D eigenvalue weighted by molar-refractivity contribution is 0.0784. The van der Waals surface area contributed by atoms with E-state index in [1.54, 1.807) is 29.2 Å². The van der Waals surface area contributed by atoms with Crippen molar-refractivity contribution < 1.29 is 9.53 Å². The number of carbonyl (C=O) groups excluding carboxylic acids is 1. The predicted molar refractivity (Wildman–Crippen MR) is 127 cm³/mol. The van der Waals surface area contributed by atoms with E-state index >= 15 is 0 Å². The normalized spacial score (nSPS) is 17.1. The van der Waals surface area contributed by atoms with Crippen LogP contribution in [0.2, 0.25) is 10.0 Å². The molecular formula is C25H19Cl2N5O2. The van der Waals surface area contributed by atoms with Gasteiger partial charge in [0.15, 0.2) is 0 Å². The number of pyridine rings is 2. The Morgan fingerprint density at radius 2 is 1.88 bits per heavy atom. The Balaban J connectivity index is 1.49. The summed E-state index contributed by atoms with van der Waals surface area (Å²) in [6, 6.07) is 16.0. The number of nitrogens with zero attached hydrogens (tertiary/aromatic N) is 5. The fourth-order valence-electron chi connectivity index (χ4n) is 4.07. The highest BCUT2D eigenvalue weighted by Crippen LogP contribution is 2.37. The van der Waals surface area contributed by atoms with Crippen LogP contribution < -0.4 is 4.74 Å². The van der Waals surface area contributed by atoms with Gasteiger partial charge >= 0.3 is 0 Å². The van der Waals surface area contributed by atoms with E-state index in [4.69, 9.17) is 38.5 Å². The van der Waals surface area contributed by atoms with Crippen LogP contribution in [0.5, 0.6) is 5.88 Å². The van der Waals surface area contributed by atoms with E-state index in [1.807, 2.05) is 24.3 Å². The van der Waals surface area contributed by atoms with Gasteiger partial charge in [-0.25, -0.2) is 9.97 Å². The quantitative estimate of drug-likeness (QED) is 0.487. The topological polar surface area (TPSA) is 103 Å². The highest BCUT2D eigenvalue weighted by molar-refractivity contribution is 6.42. The molecule has 9 heteroatoms. The molecule has 170 valence electrons. The highest BCUT2D eigenvalue weighted by Gasteiger charge is 2.36. The number of carbonyl (C=O) groups is 1. The maximum absolute atomic E-state index is 13.1. The minimum atomic E-state index is -0.140. The Morgan fingerprint density at radius 1 is 1.03 bits per heavy atom. The van der Waals surface area contributed by atoms with Gasteiger partial charge in [-0.2, -0.15) is 10.5 Å². The molecule has 7 nitrogen and oxygen atoms in total. The Morgan fingerprint density at radius 3 is 2.53 bits per heavy atom. The molecule has 1 aromatic carbocycles. The zero-order valence-corrected chi connectivity index (χ0v) is 19.5. The molecule has 4 rings (SSSR count). The van der Waals surface area contributed by atoms with Crippen LogP contribution in [-0.4, -0.2) is 40.5 Å². The third-order valence-corrected chi connectivity index (χ3v) is 6.57. The summed E-state index contributed by atoms with van der Waals surface area (Å²) in [6.07, 6.45) is 3.58. The summed E-state index contributed by atoms with van der Waals surface area (Å²) in [6.45, 7) is 1.45. The third kappa shape index (κ3) is 5.28. The molecular weight excluding hydrogens is 473 g/mol. The van der Waals surface area contributed by atoms with Crippen LogP contribution in [0.4, 0.5) is 0 Å². The van der Waals surface area contributed by atoms with Gasteiger partial charge in [0, 0.05) is 37.5 Å². The molecule has 1 fully saturated rings. The van der Waals surface area contributed by atoms with Crippen molar-refractivity contribution >= 4 is 29.1 Å². The molecule has 1 aliphatic heterocycles. The van der Waals surface area contributed by atoms with E-state index < -0.39 is 0 Å². The van der Waals surface area contributed by atoms with Crippen molar-refractivity contribution in [3.05, 3.63) is 87.3 Å². The molecule has 1 amide bonds. The number of hydrogen-bond donors (Lipinski definition) is 0. The Labute approximate surface area is 207 Å². The van der Waals surface area contributed by atoms with Crippen molar-refractivity contribution in [1.29, 1.82) is 10.5 Å². The Kier molecular flexibility index (Phi) is 7.27. The summed E-state index contributed by atoms with van der Waals surface area (Å²) in [5.41, 5.74) is 2.17. The summed E-state index contributed by atoms with van der Waals surface area (Å²) in [5.74, 6) is 0.465. The standard InChI is InChI=1S/C25H19Cl2N5O2/c26-22-5-3-17(9-23(22)27)21-15-32(25(33)18-2-4-20(11-29)30-13-18)14-19(21)7-8-34-24-6-1-16(10-28)12-31-24/h1-6,9,12-13,19,21H,7-8,14-15H2. The average Bonchev–Trinajstić information content (AvgIpc) is 3.30. The van der Waals surface area contributed by atoms with Gasteiger partial charge in [-0.3, -0.25) is 4.79 Å². The lowest BCUT2D eigenvalue weighted by Gasteiger charge is -2.19. The van der Waals surface area contributed by atoms with Crippen LogP contribution in [0.1, 0.15) is 39.5 Å². The number of rotatable bonds is 6. The van der Waals surface area contributed by atoms with Crippen molar-refractivity contribution in [3.63, 3.8) is 0 Å². The minimum Gasteiger partial charge on any atom is -0.478 e. The van der Waals surface area contributed by atoms with Crippen LogP contribution in [0.3, 0.4) is 0 Å². The summed E-state index contributed by atoms with van der Waals surface area (Å²) in [7, 11) is 0. The van der Waals surface area contributed by atoms with Gasteiger partial charge in [0.1, 0.15) is 17.8 Å². The summed E-state index contributed by atoms with van der Waals surface area (Å²) >= 11 is 12.4. The van der Waals surface area contributed by atoms with Crippen molar-refractivity contribution in [1.82, 2.24) is 14.9 Å². The molecule has 0 saturated carbocycles. The fourth-order valence-corrected chi connectivity index (χ4v) is 4.37. The van der Waals surface area contributed by atoms with E-state index in [2.05, 4.69) is 9.97 Å². The van der Waals surface area contributed by atoms with Gasteiger partial charge in [0.25, 0.3) is 5.91 Å². The van der Waals surface area contributed by atoms with E-state index in [1.165, 1.54) is 18.5 Å². The second-order valence-electron chi connectivity index (χ2n) is 7.93. The zero-order valence-electron chi connectivity index (χ0n) is 18.0. The average molecular weight is 492 g/mol. The number of amides is 1. The lowest BCUT2D eigenvalue weighted by atomic mass is 9.87. The molecule has 34 heavy (non-hydrogen) atoms. The number of likely N-dealkylation sites (tertiary alicyclic amines) is 1. The molecule has 2 aromatic heterocycles. The van der Waals surface area contributed by atoms with Crippen LogP contribution in [-0.2, 0) is 0 Å². The Hall–Kier alpha value is -3.65. The van der Waals surface area contributed by atoms with Gasteiger partial charge < -0.3 is 9.64 Å². The molecule has 1 aliphatic rings. The lowest BCUT2D eigenvalue weighted by Crippen LogP contribution is -2.29. The fraction of sp³-hybridized carbons (Fsp3) is 0.240. The van der Waals surface area contributed by atoms with Crippen LogP contribution >= 0.6 is 23.2 Å². The van der Waals surface area contributed by atoms with Gasteiger partial charge in [-0.1, -0.05) is 29.3 Å². The molecule has 3 heterocycles. The second kappa shape index (κ2) is 10.5. The first-order chi connectivity index (χ1) is 16.5. The first-order valence-corrected chi connectivity index (χ1v) is 11.3. The molecule has 1 saturated heterocycles. The van der Waals surface area contributed by atoms with Crippen molar-refractivity contribution in [2.45, 2.75) is 12.3 Å². The molecule has 0 aliphatic carbocycles. The molecule has 2 atom stereocenters. The van der Waals surface area contributed by atoms with Gasteiger partial charge in [-0.15, -0.1) is 0 Å². The van der Waals surface area contributed by atoms with Crippen molar-refractivity contribution in [2.75, 3.05) is 19.7 Å². The van der Waals surface area contributed by atoms with E-state index in [0.29, 0.717) is 53.2 Å². The smallest absolute Gasteiger partial charge is 0.255 e. The third-order valence-electron chi connectivity index (χ3n) is 5.83. The highest BCUT2D eigenvalue weighted by atomic mass is 35.5. The maximum Gasteiger partial charge on any atom is 0.255 e. The van der Waals surface area contributed by atoms with Crippen molar-refractivity contribution in [3.8, 4) is 18.0 Å². The number of aromatic nitrogens is 2. The molecule has 2 unspecified atom stereocenters. The second-order valence-corrected chi connectivity index (χ2v) is 8.74. The SMILES string of the molecule is N#Cc1ccc(OCCC2CN(C(=O)c3ccc(C#N)nc3)CC2c2ccc(Cl)c(Cl)c2)nc1. The minimum absolute atomic E-state index is 0.0441. The monoisotopic (exact) mass is 491 g/mol. The van der Waals surface area contributed by atoms with Crippen LogP contribution in [0.25, 0.3) is 0 Å². The molecule has 0 spiro atoms. The van der Waals surface area contributed by atoms with Crippen molar-refractivity contribution in [2.24, 2.45) is 5.92 Å². The number of ether oxygens (including phenoxy) is 1. The maximum atomic E-state index is 13.1. The number of hydrogen-bond acceptors (Lipinski definition) is 6. The first kappa shape index (κ1) is 23.5. The van der Waals surface area contributed by atoms with E-state index in [9.17, 15) is 4.79 Å². The van der Waals surface area contributed by atoms with Crippen LogP contribution in [0, 0.1) is 28.6 Å². The van der Waals surface area contributed by atoms with Gasteiger partial charge in [0.2, 0.25) is 5.88 Å². The summed E-state index contributed by atoms with van der Waals surface area (Å²) in [4.78, 5) is 23.1. The predicted octanol–water partition coefficient (Wildman–Crippen LogP) is 4.85. The van der Waals surface area contributed by atoms with E-state index in [0.717, 1.165) is 5.56 Å². The summed E-state index contributed by atoms with van der Waals surface area (Å²) < 4.78 is 5.79. The molecule has 3 aromatic rings. The zero-order chi connectivity index (χ0) is 24.1.